The maximum atomic E-state index is 13.0. The van der Waals surface area contributed by atoms with Gasteiger partial charge in [0.25, 0.3) is 5.56 Å². The van der Waals surface area contributed by atoms with E-state index in [0.29, 0.717) is 35.7 Å². The highest BCUT2D eigenvalue weighted by molar-refractivity contribution is 6.33. The summed E-state index contributed by atoms with van der Waals surface area (Å²) in [6.45, 7) is 0.769. The number of halogens is 1. The largest absolute Gasteiger partial charge is 0.480 e. The quantitative estimate of drug-likeness (QED) is 0.497. The molecule has 172 valence electrons. The Morgan fingerprint density at radius 2 is 1.67 bits per heavy atom. The number of hydrogen-bond donors (Lipinski definition) is 1. The van der Waals surface area contributed by atoms with E-state index in [2.05, 4.69) is 0 Å². The Morgan fingerprint density at radius 1 is 1.00 bits per heavy atom. The third-order valence-electron chi connectivity index (χ3n) is 6.19. The van der Waals surface area contributed by atoms with Crippen LogP contribution in [0.3, 0.4) is 0 Å². The van der Waals surface area contributed by atoms with Gasteiger partial charge in [0.15, 0.2) is 0 Å². The molecule has 0 amide bonds. The minimum Gasteiger partial charge on any atom is -0.480 e. The Bertz CT molecular complexity index is 1150. The topological polar surface area (TPSA) is 81.4 Å². The second kappa shape index (κ2) is 10.8. The van der Waals surface area contributed by atoms with Crippen LogP contribution in [0.5, 0.6) is 0 Å². The van der Waals surface area contributed by atoms with Crippen LogP contribution in [0.25, 0.3) is 22.4 Å². The van der Waals surface area contributed by atoms with Crippen molar-refractivity contribution in [2.45, 2.75) is 32.2 Å². The molecule has 4 rings (SSSR count). The van der Waals surface area contributed by atoms with Crippen molar-refractivity contribution in [2.75, 3.05) is 13.2 Å². The molecule has 0 atom stereocenters. The zero-order valence-corrected chi connectivity index (χ0v) is 19.1. The Balaban J connectivity index is 1.55. The van der Waals surface area contributed by atoms with Gasteiger partial charge in [-0.3, -0.25) is 4.79 Å². The molecule has 0 spiro atoms. The average molecular weight is 467 g/mol. The van der Waals surface area contributed by atoms with Crippen LogP contribution in [-0.2, 0) is 16.1 Å². The summed E-state index contributed by atoms with van der Waals surface area (Å²) in [6, 6.07) is 19.0. The molecule has 33 heavy (non-hydrogen) atoms. The summed E-state index contributed by atoms with van der Waals surface area (Å²) in [5, 5.41) is 14.1. The Hall–Kier alpha value is -2.96. The van der Waals surface area contributed by atoms with E-state index in [0.717, 1.165) is 42.4 Å². The molecular weight excluding hydrogens is 440 g/mol. The molecule has 0 unspecified atom stereocenters. The first-order valence-corrected chi connectivity index (χ1v) is 11.6. The molecule has 1 aliphatic rings. The van der Waals surface area contributed by atoms with Crippen molar-refractivity contribution >= 4 is 17.6 Å². The summed E-state index contributed by atoms with van der Waals surface area (Å²) in [6.07, 6.45) is 3.82. The normalized spacial score (nSPS) is 18.2. The lowest BCUT2D eigenvalue weighted by Gasteiger charge is -2.28. The number of ether oxygens (including phenoxy) is 1. The van der Waals surface area contributed by atoms with Gasteiger partial charge in [0.1, 0.15) is 12.3 Å². The monoisotopic (exact) mass is 466 g/mol. The molecule has 1 fully saturated rings. The number of carbonyl (C=O) groups is 1. The number of carboxylic acids is 1. The number of rotatable bonds is 8. The molecule has 1 aliphatic carbocycles. The van der Waals surface area contributed by atoms with Gasteiger partial charge in [-0.1, -0.05) is 60.1 Å². The van der Waals surface area contributed by atoms with Crippen molar-refractivity contribution in [1.29, 1.82) is 0 Å². The second-order valence-corrected chi connectivity index (χ2v) is 8.98. The summed E-state index contributed by atoms with van der Waals surface area (Å²) in [5.41, 5.74) is 3.06. The lowest BCUT2D eigenvalue weighted by atomic mass is 9.82. The SMILES string of the molecule is O=C(O)COC[C@H]1CC[C@@H](Cn2nc(-c3ccccc3Cl)c(-c3ccccc3)cc2=O)CC1. The summed E-state index contributed by atoms with van der Waals surface area (Å²) in [7, 11) is 0. The van der Waals surface area contributed by atoms with Crippen LogP contribution in [-0.4, -0.2) is 34.1 Å². The average Bonchev–Trinajstić information content (AvgIpc) is 2.82. The lowest BCUT2D eigenvalue weighted by Crippen LogP contribution is -2.29. The predicted molar refractivity (Wildman–Crippen MR) is 128 cm³/mol. The van der Waals surface area contributed by atoms with Crippen molar-refractivity contribution < 1.29 is 14.6 Å². The molecule has 0 aliphatic heterocycles. The second-order valence-electron chi connectivity index (χ2n) is 8.57. The molecule has 2 aromatic carbocycles. The van der Waals surface area contributed by atoms with E-state index in [1.807, 2.05) is 54.6 Å². The minimum atomic E-state index is -0.942. The standard InChI is InChI=1S/C26H27ClN2O4/c27-23-9-5-4-8-21(23)26-22(20-6-2-1-3-7-20)14-24(30)29(28-26)15-18-10-12-19(13-11-18)16-33-17-25(31)32/h1-9,14,18-19H,10-13,15-17H2,(H,31,32)/t18-,19+. The zero-order valence-electron chi connectivity index (χ0n) is 18.3. The van der Waals surface area contributed by atoms with Crippen LogP contribution in [0.15, 0.2) is 65.5 Å². The van der Waals surface area contributed by atoms with Gasteiger partial charge in [0.05, 0.1) is 11.6 Å². The van der Waals surface area contributed by atoms with Gasteiger partial charge in [0, 0.05) is 23.7 Å². The smallest absolute Gasteiger partial charge is 0.329 e. The van der Waals surface area contributed by atoms with Crippen LogP contribution >= 0.6 is 11.6 Å². The number of carboxylic acid groups (broad SMARTS) is 1. The molecule has 1 saturated carbocycles. The van der Waals surface area contributed by atoms with Gasteiger partial charge < -0.3 is 9.84 Å². The van der Waals surface area contributed by atoms with E-state index in [1.165, 1.54) is 0 Å². The van der Waals surface area contributed by atoms with Gasteiger partial charge >= 0.3 is 5.97 Å². The Kier molecular flexibility index (Phi) is 7.57. The van der Waals surface area contributed by atoms with E-state index in [9.17, 15) is 9.59 Å². The number of hydrogen-bond acceptors (Lipinski definition) is 4. The third-order valence-corrected chi connectivity index (χ3v) is 6.52. The van der Waals surface area contributed by atoms with Crippen LogP contribution in [0, 0.1) is 11.8 Å². The molecule has 1 heterocycles. The number of benzene rings is 2. The van der Waals surface area contributed by atoms with Crippen LogP contribution in [0.2, 0.25) is 5.02 Å². The van der Waals surface area contributed by atoms with Crippen LogP contribution in [0.4, 0.5) is 0 Å². The summed E-state index contributed by atoms with van der Waals surface area (Å²) in [5.74, 6) is -0.237. The van der Waals surface area contributed by atoms with E-state index < -0.39 is 5.97 Å². The van der Waals surface area contributed by atoms with Crippen molar-refractivity contribution in [2.24, 2.45) is 11.8 Å². The number of aromatic nitrogens is 2. The summed E-state index contributed by atoms with van der Waals surface area (Å²) in [4.78, 5) is 23.6. The minimum absolute atomic E-state index is 0.128. The van der Waals surface area contributed by atoms with Gasteiger partial charge in [-0.25, -0.2) is 9.48 Å². The highest BCUT2D eigenvalue weighted by Gasteiger charge is 2.23. The highest BCUT2D eigenvalue weighted by atomic mass is 35.5. The first-order valence-electron chi connectivity index (χ1n) is 11.2. The summed E-state index contributed by atoms with van der Waals surface area (Å²) < 4.78 is 6.83. The van der Waals surface area contributed by atoms with Gasteiger partial charge in [-0.2, -0.15) is 5.10 Å². The zero-order chi connectivity index (χ0) is 23.2. The van der Waals surface area contributed by atoms with Crippen molar-refractivity contribution in [1.82, 2.24) is 9.78 Å². The maximum absolute atomic E-state index is 13.0. The Labute approximate surface area is 197 Å². The molecule has 0 saturated heterocycles. The first-order chi connectivity index (χ1) is 16.0. The summed E-state index contributed by atoms with van der Waals surface area (Å²) >= 11 is 6.50. The molecule has 6 nitrogen and oxygen atoms in total. The van der Waals surface area contributed by atoms with E-state index >= 15 is 0 Å². The van der Waals surface area contributed by atoms with Gasteiger partial charge in [-0.05, 0) is 49.1 Å². The predicted octanol–water partition coefficient (Wildman–Crippen LogP) is 5.14. The third kappa shape index (κ3) is 5.89. The molecular formula is C26H27ClN2O4. The first kappa shape index (κ1) is 23.2. The van der Waals surface area contributed by atoms with Crippen molar-refractivity contribution in [3.63, 3.8) is 0 Å². The fraction of sp³-hybridized carbons (Fsp3) is 0.346. The van der Waals surface area contributed by atoms with E-state index in [-0.39, 0.29) is 12.2 Å². The number of aliphatic carboxylic acids is 1. The van der Waals surface area contributed by atoms with Gasteiger partial charge in [0.2, 0.25) is 0 Å². The van der Waals surface area contributed by atoms with E-state index in [1.54, 1.807) is 10.7 Å². The molecule has 0 bridgehead atoms. The number of nitrogens with zero attached hydrogens (tertiary/aromatic N) is 2. The van der Waals surface area contributed by atoms with Crippen molar-refractivity contribution in [3.05, 3.63) is 76.0 Å². The van der Waals surface area contributed by atoms with Crippen LogP contribution < -0.4 is 5.56 Å². The molecule has 0 radical (unpaired) electrons. The Morgan fingerprint density at radius 3 is 2.36 bits per heavy atom. The fourth-order valence-electron chi connectivity index (χ4n) is 4.45. The van der Waals surface area contributed by atoms with Crippen LogP contribution in [0.1, 0.15) is 25.7 Å². The molecule has 7 heteroatoms. The van der Waals surface area contributed by atoms with Crippen molar-refractivity contribution in [3.8, 4) is 22.4 Å². The fourth-order valence-corrected chi connectivity index (χ4v) is 4.67. The van der Waals surface area contributed by atoms with Gasteiger partial charge in [-0.15, -0.1) is 0 Å². The molecule has 1 aromatic heterocycles. The molecule has 1 N–H and O–H groups in total. The highest BCUT2D eigenvalue weighted by Crippen LogP contribution is 2.34. The maximum Gasteiger partial charge on any atom is 0.329 e. The van der Waals surface area contributed by atoms with E-state index in [4.69, 9.17) is 26.5 Å². The lowest BCUT2D eigenvalue weighted by molar-refractivity contribution is -0.142. The molecule has 3 aromatic rings.